The fourth-order valence-electron chi connectivity index (χ4n) is 3.45. The Labute approximate surface area is 128 Å². The lowest BCUT2D eigenvalue weighted by Gasteiger charge is -2.33. The van der Waals surface area contributed by atoms with E-state index in [9.17, 15) is 0 Å². The third kappa shape index (κ3) is 3.98. The topological polar surface area (TPSA) is 15.7 Å². The molecule has 0 radical (unpaired) electrons. The summed E-state index contributed by atoms with van der Waals surface area (Å²) in [6.45, 7) is 10.3. The van der Waals surface area contributed by atoms with Gasteiger partial charge in [-0.3, -0.25) is 0 Å². The highest BCUT2D eigenvalue weighted by molar-refractivity contribution is 5.38. The van der Waals surface area contributed by atoms with Crippen molar-refractivity contribution in [1.29, 1.82) is 0 Å². The molecule has 1 aliphatic carbocycles. The minimum absolute atomic E-state index is 0.840. The van der Waals surface area contributed by atoms with Gasteiger partial charge in [-0.1, -0.05) is 13.0 Å². The van der Waals surface area contributed by atoms with Crippen LogP contribution in [0.25, 0.3) is 0 Å². The summed E-state index contributed by atoms with van der Waals surface area (Å²) in [4.78, 5) is 5.09. The van der Waals surface area contributed by atoms with Crippen molar-refractivity contribution >= 4 is 0 Å². The minimum Gasteiger partial charge on any atom is -0.494 e. The number of fused-ring (bicyclic) bond motifs is 1. The van der Waals surface area contributed by atoms with E-state index >= 15 is 0 Å². The van der Waals surface area contributed by atoms with Gasteiger partial charge in [0.1, 0.15) is 5.75 Å². The molecule has 3 heteroatoms. The molecule has 3 rings (SSSR count). The Morgan fingerprint density at radius 1 is 1.00 bits per heavy atom. The van der Waals surface area contributed by atoms with Crippen LogP contribution in [0, 0.1) is 0 Å². The summed E-state index contributed by atoms with van der Waals surface area (Å²) >= 11 is 0. The van der Waals surface area contributed by atoms with E-state index in [0.717, 1.165) is 18.8 Å². The summed E-state index contributed by atoms with van der Waals surface area (Å²) in [5.41, 5.74) is 3.03. The molecule has 0 N–H and O–H groups in total. The van der Waals surface area contributed by atoms with Crippen molar-refractivity contribution in [3.05, 3.63) is 29.3 Å². The highest BCUT2D eigenvalue weighted by Crippen LogP contribution is 2.26. The first-order valence-electron chi connectivity index (χ1n) is 8.54. The van der Waals surface area contributed by atoms with Gasteiger partial charge in [0.2, 0.25) is 0 Å². The molecular formula is C18H28N2O. The van der Waals surface area contributed by atoms with Crippen LogP contribution in [0.1, 0.15) is 30.9 Å². The molecule has 21 heavy (non-hydrogen) atoms. The molecule has 1 aromatic carbocycles. The zero-order chi connectivity index (χ0) is 14.5. The zero-order valence-electron chi connectivity index (χ0n) is 13.3. The summed E-state index contributed by atoms with van der Waals surface area (Å²) in [5, 5.41) is 0. The monoisotopic (exact) mass is 288 g/mol. The Kier molecular flexibility index (Phi) is 5.15. The molecule has 0 unspecified atom stereocenters. The summed E-state index contributed by atoms with van der Waals surface area (Å²) in [6, 6.07) is 6.65. The molecule has 0 amide bonds. The molecule has 3 nitrogen and oxygen atoms in total. The second kappa shape index (κ2) is 7.28. The largest absolute Gasteiger partial charge is 0.494 e. The van der Waals surface area contributed by atoms with Crippen molar-refractivity contribution in [3.63, 3.8) is 0 Å². The molecule has 0 spiro atoms. The van der Waals surface area contributed by atoms with E-state index in [-0.39, 0.29) is 0 Å². The molecule has 1 aromatic rings. The first-order chi connectivity index (χ1) is 10.3. The van der Waals surface area contributed by atoms with Gasteiger partial charge in [-0.2, -0.15) is 0 Å². The predicted octanol–water partition coefficient (Wildman–Crippen LogP) is 2.58. The molecule has 1 saturated heterocycles. The molecule has 0 aromatic heterocycles. The maximum Gasteiger partial charge on any atom is 0.119 e. The van der Waals surface area contributed by atoms with Crippen LogP contribution in [-0.2, 0) is 12.8 Å². The molecule has 2 aliphatic rings. The Morgan fingerprint density at radius 2 is 1.76 bits per heavy atom. The maximum absolute atomic E-state index is 5.93. The fraction of sp³-hybridized carbons (Fsp3) is 0.667. The maximum atomic E-state index is 5.93. The zero-order valence-corrected chi connectivity index (χ0v) is 13.3. The second-order valence-corrected chi connectivity index (χ2v) is 6.26. The molecule has 0 saturated carbocycles. The third-order valence-electron chi connectivity index (χ3n) is 4.87. The first kappa shape index (κ1) is 14.9. The van der Waals surface area contributed by atoms with E-state index in [1.807, 2.05) is 0 Å². The summed E-state index contributed by atoms with van der Waals surface area (Å²) < 4.78 is 5.93. The Bertz CT molecular complexity index is 453. The normalized spacial score (nSPS) is 19.7. The van der Waals surface area contributed by atoms with Gasteiger partial charge >= 0.3 is 0 Å². The quantitative estimate of drug-likeness (QED) is 0.748. The number of hydrogen-bond acceptors (Lipinski definition) is 3. The van der Waals surface area contributed by atoms with Crippen molar-refractivity contribution < 1.29 is 4.74 Å². The molecule has 1 heterocycles. The smallest absolute Gasteiger partial charge is 0.119 e. The summed E-state index contributed by atoms with van der Waals surface area (Å²) in [7, 11) is 0. The molecule has 0 bridgehead atoms. The highest BCUT2D eigenvalue weighted by atomic mass is 16.5. The number of rotatable bonds is 6. The van der Waals surface area contributed by atoms with E-state index in [4.69, 9.17) is 4.74 Å². The van der Waals surface area contributed by atoms with E-state index in [1.54, 1.807) is 0 Å². The van der Waals surface area contributed by atoms with E-state index in [0.29, 0.717) is 0 Å². The van der Waals surface area contributed by atoms with E-state index < -0.39 is 0 Å². The summed E-state index contributed by atoms with van der Waals surface area (Å²) in [5.74, 6) is 1.06. The van der Waals surface area contributed by atoms with Gasteiger partial charge in [0.25, 0.3) is 0 Å². The van der Waals surface area contributed by atoms with Crippen LogP contribution >= 0.6 is 0 Å². The van der Waals surface area contributed by atoms with Crippen LogP contribution in [0.2, 0.25) is 0 Å². The van der Waals surface area contributed by atoms with Crippen LogP contribution < -0.4 is 4.74 Å². The van der Waals surface area contributed by atoms with Gasteiger partial charge in [0.15, 0.2) is 0 Å². The van der Waals surface area contributed by atoms with Gasteiger partial charge in [0.05, 0.1) is 6.61 Å². The van der Waals surface area contributed by atoms with Gasteiger partial charge in [0, 0.05) is 32.7 Å². The SMILES string of the molecule is CCN1CCN(CCCOc2ccc3c(c2)CCC3)CC1. The van der Waals surface area contributed by atoms with Gasteiger partial charge < -0.3 is 14.5 Å². The first-order valence-corrected chi connectivity index (χ1v) is 8.54. The number of ether oxygens (including phenoxy) is 1. The Hall–Kier alpha value is -1.06. The second-order valence-electron chi connectivity index (χ2n) is 6.26. The van der Waals surface area contributed by atoms with Crippen LogP contribution in [0.3, 0.4) is 0 Å². The lowest BCUT2D eigenvalue weighted by atomic mass is 10.1. The lowest BCUT2D eigenvalue weighted by Crippen LogP contribution is -2.46. The standard InChI is InChI=1S/C18H28N2O/c1-2-19-10-12-20(13-11-19)9-4-14-21-18-8-7-16-5-3-6-17(16)15-18/h7-8,15H,2-6,9-14H2,1H3. The highest BCUT2D eigenvalue weighted by Gasteiger charge is 2.15. The third-order valence-corrected chi connectivity index (χ3v) is 4.87. The van der Waals surface area contributed by atoms with Crippen molar-refractivity contribution in [3.8, 4) is 5.75 Å². The molecular weight excluding hydrogens is 260 g/mol. The fourth-order valence-corrected chi connectivity index (χ4v) is 3.45. The average molecular weight is 288 g/mol. The van der Waals surface area contributed by atoms with Crippen LogP contribution in [-0.4, -0.2) is 55.7 Å². The Morgan fingerprint density at radius 3 is 2.57 bits per heavy atom. The lowest BCUT2D eigenvalue weighted by molar-refractivity contribution is 0.130. The number of likely N-dealkylation sites (N-methyl/N-ethyl adjacent to an activating group) is 1. The Balaban J connectivity index is 1.35. The predicted molar refractivity (Wildman–Crippen MR) is 87.1 cm³/mol. The average Bonchev–Trinajstić information content (AvgIpc) is 3.00. The summed E-state index contributed by atoms with van der Waals surface area (Å²) in [6.07, 6.45) is 4.92. The van der Waals surface area contributed by atoms with Crippen molar-refractivity contribution in [1.82, 2.24) is 9.80 Å². The van der Waals surface area contributed by atoms with E-state index in [1.165, 1.54) is 69.7 Å². The molecule has 1 aliphatic heterocycles. The van der Waals surface area contributed by atoms with Gasteiger partial charge in [-0.15, -0.1) is 0 Å². The van der Waals surface area contributed by atoms with Gasteiger partial charge in [-0.25, -0.2) is 0 Å². The number of hydrogen-bond donors (Lipinski definition) is 0. The number of piperazine rings is 1. The van der Waals surface area contributed by atoms with Gasteiger partial charge in [-0.05, 0) is 55.5 Å². The van der Waals surface area contributed by atoms with E-state index in [2.05, 4.69) is 34.9 Å². The van der Waals surface area contributed by atoms with Crippen molar-refractivity contribution in [2.24, 2.45) is 0 Å². The molecule has 0 atom stereocenters. The van der Waals surface area contributed by atoms with Crippen molar-refractivity contribution in [2.75, 3.05) is 45.9 Å². The van der Waals surface area contributed by atoms with Crippen LogP contribution in [0.5, 0.6) is 5.75 Å². The number of aryl methyl sites for hydroxylation is 2. The van der Waals surface area contributed by atoms with Crippen LogP contribution in [0.4, 0.5) is 0 Å². The molecule has 116 valence electrons. The number of nitrogens with zero attached hydrogens (tertiary/aromatic N) is 2. The number of benzene rings is 1. The van der Waals surface area contributed by atoms with Crippen molar-refractivity contribution in [2.45, 2.75) is 32.6 Å². The molecule has 1 fully saturated rings. The minimum atomic E-state index is 0.840. The van der Waals surface area contributed by atoms with Crippen LogP contribution in [0.15, 0.2) is 18.2 Å².